The minimum Gasteiger partial charge on any atom is -0.496 e. The number of ether oxygens (including phenoxy) is 2. The van der Waals surface area contributed by atoms with E-state index in [-0.39, 0.29) is 5.91 Å². The van der Waals surface area contributed by atoms with E-state index in [0.717, 1.165) is 0 Å². The normalized spacial score (nSPS) is 10.4. The zero-order valence-electron chi connectivity index (χ0n) is 14.5. The number of rotatable bonds is 7. The van der Waals surface area contributed by atoms with Gasteiger partial charge in [-0.2, -0.15) is 0 Å². The van der Waals surface area contributed by atoms with Crippen LogP contribution in [0.5, 0.6) is 11.5 Å². The fraction of sp³-hybridized carbons (Fsp3) is 0.222. The smallest absolute Gasteiger partial charge is 0.258 e. The van der Waals surface area contributed by atoms with Gasteiger partial charge in [0.2, 0.25) is 0 Å². The molecule has 26 heavy (non-hydrogen) atoms. The molecule has 0 fully saturated rings. The van der Waals surface area contributed by atoms with Gasteiger partial charge in [0.25, 0.3) is 5.91 Å². The maximum Gasteiger partial charge on any atom is 0.258 e. The number of imidazole rings is 1. The number of carbonyl (C=O) groups excluding carboxylic acids is 1. The van der Waals surface area contributed by atoms with E-state index in [2.05, 4.69) is 20.3 Å². The van der Waals surface area contributed by atoms with Crippen LogP contribution in [0.3, 0.4) is 0 Å². The van der Waals surface area contributed by atoms with E-state index < -0.39 is 0 Å². The summed E-state index contributed by atoms with van der Waals surface area (Å²) in [6.45, 7) is 0.924. The highest BCUT2D eigenvalue weighted by Crippen LogP contribution is 2.27. The number of nitrogens with zero attached hydrogens (tertiary/aromatic N) is 4. The van der Waals surface area contributed by atoms with Gasteiger partial charge in [0, 0.05) is 37.9 Å². The van der Waals surface area contributed by atoms with Crippen molar-refractivity contribution in [2.24, 2.45) is 0 Å². The summed E-state index contributed by atoms with van der Waals surface area (Å²) < 4.78 is 12.4. The molecule has 8 heteroatoms. The molecule has 0 aliphatic carbocycles. The molecule has 0 unspecified atom stereocenters. The minimum atomic E-state index is -0.267. The van der Waals surface area contributed by atoms with Crippen molar-refractivity contribution in [3.8, 4) is 23.1 Å². The molecule has 0 aliphatic rings. The van der Waals surface area contributed by atoms with Gasteiger partial charge in [-0.1, -0.05) is 6.07 Å². The maximum absolute atomic E-state index is 12.6. The van der Waals surface area contributed by atoms with Gasteiger partial charge in [0.1, 0.15) is 17.1 Å². The average molecular weight is 353 g/mol. The quantitative estimate of drug-likeness (QED) is 0.696. The van der Waals surface area contributed by atoms with Crippen molar-refractivity contribution in [1.29, 1.82) is 0 Å². The van der Waals surface area contributed by atoms with E-state index in [1.165, 1.54) is 14.2 Å². The second-order valence-electron chi connectivity index (χ2n) is 5.31. The molecule has 0 saturated heterocycles. The summed E-state index contributed by atoms with van der Waals surface area (Å²) >= 11 is 0. The molecule has 1 aromatic carbocycles. The number of aromatic nitrogens is 4. The van der Waals surface area contributed by atoms with E-state index in [4.69, 9.17) is 9.47 Å². The molecule has 2 heterocycles. The molecule has 0 radical (unpaired) electrons. The van der Waals surface area contributed by atoms with Gasteiger partial charge in [-0.3, -0.25) is 4.79 Å². The third kappa shape index (κ3) is 3.64. The zero-order valence-corrected chi connectivity index (χ0v) is 14.5. The molecular formula is C18H19N5O3. The van der Waals surface area contributed by atoms with Crippen molar-refractivity contribution < 1.29 is 14.3 Å². The minimum absolute atomic E-state index is 0.267. The second-order valence-corrected chi connectivity index (χ2v) is 5.31. The molecule has 0 atom stereocenters. The van der Waals surface area contributed by atoms with Gasteiger partial charge in [0.05, 0.1) is 14.2 Å². The largest absolute Gasteiger partial charge is 0.496 e. The van der Waals surface area contributed by atoms with Crippen LogP contribution in [0, 0.1) is 0 Å². The predicted molar refractivity (Wildman–Crippen MR) is 95.1 cm³/mol. The van der Waals surface area contributed by atoms with Crippen molar-refractivity contribution >= 4 is 5.91 Å². The van der Waals surface area contributed by atoms with Crippen LogP contribution in [0.15, 0.2) is 49.1 Å². The van der Waals surface area contributed by atoms with Crippen molar-refractivity contribution in [3.63, 3.8) is 0 Å². The molecule has 0 spiro atoms. The van der Waals surface area contributed by atoms with E-state index in [1.54, 1.807) is 42.9 Å². The summed E-state index contributed by atoms with van der Waals surface area (Å²) in [5.41, 5.74) is 0.370. The van der Waals surface area contributed by atoms with Gasteiger partial charge in [-0.25, -0.2) is 15.0 Å². The Morgan fingerprint density at radius 3 is 2.38 bits per heavy atom. The van der Waals surface area contributed by atoms with Gasteiger partial charge >= 0.3 is 0 Å². The Kier molecular flexibility index (Phi) is 5.43. The lowest BCUT2D eigenvalue weighted by Crippen LogP contribution is -2.28. The number of methoxy groups -OCH3 is 2. The van der Waals surface area contributed by atoms with Crippen molar-refractivity contribution in [3.05, 3.63) is 54.6 Å². The van der Waals surface area contributed by atoms with Crippen LogP contribution < -0.4 is 14.8 Å². The van der Waals surface area contributed by atoms with Crippen LogP contribution in [-0.2, 0) is 6.54 Å². The van der Waals surface area contributed by atoms with E-state index in [1.807, 2.05) is 10.8 Å². The highest BCUT2D eigenvalue weighted by atomic mass is 16.5. The van der Waals surface area contributed by atoms with Crippen LogP contribution in [0.25, 0.3) is 11.6 Å². The Hall–Kier alpha value is -3.42. The van der Waals surface area contributed by atoms with Crippen LogP contribution in [0.1, 0.15) is 10.4 Å². The standard InChI is InChI=1S/C18H19N5O3/c1-25-13-5-3-6-14(26-2)15(13)18(24)22-10-12-23-11-9-21-17(23)16-19-7-4-8-20-16/h3-9,11H,10,12H2,1-2H3,(H,22,24). The zero-order chi connectivity index (χ0) is 18.4. The monoisotopic (exact) mass is 353 g/mol. The third-order valence-electron chi connectivity index (χ3n) is 3.77. The molecular weight excluding hydrogens is 334 g/mol. The van der Waals surface area contributed by atoms with Gasteiger partial charge in [-0.15, -0.1) is 0 Å². The molecule has 3 aromatic rings. The molecule has 1 amide bonds. The summed E-state index contributed by atoms with van der Waals surface area (Å²) in [4.78, 5) is 25.3. The predicted octanol–water partition coefficient (Wildman–Crippen LogP) is 1.79. The first-order valence-corrected chi connectivity index (χ1v) is 8.02. The maximum atomic E-state index is 12.6. The Morgan fingerprint density at radius 2 is 1.73 bits per heavy atom. The Bertz CT molecular complexity index is 857. The fourth-order valence-electron chi connectivity index (χ4n) is 2.56. The third-order valence-corrected chi connectivity index (χ3v) is 3.77. The molecule has 1 N–H and O–H groups in total. The SMILES string of the molecule is COc1cccc(OC)c1C(=O)NCCn1ccnc1-c1ncccn1. The lowest BCUT2D eigenvalue weighted by atomic mass is 10.1. The van der Waals surface area contributed by atoms with E-state index >= 15 is 0 Å². The first kappa shape index (κ1) is 17.4. The summed E-state index contributed by atoms with van der Waals surface area (Å²) in [5, 5.41) is 2.88. The van der Waals surface area contributed by atoms with Crippen LogP contribution in [0.2, 0.25) is 0 Å². The Morgan fingerprint density at radius 1 is 1.04 bits per heavy atom. The second kappa shape index (κ2) is 8.11. The lowest BCUT2D eigenvalue weighted by molar-refractivity contribution is 0.0946. The topological polar surface area (TPSA) is 91.2 Å². The van der Waals surface area contributed by atoms with Crippen molar-refractivity contribution in [2.75, 3.05) is 20.8 Å². The molecule has 3 rings (SSSR count). The highest BCUT2D eigenvalue weighted by Gasteiger charge is 2.18. The molecule has 8 nitrogen and oxygen atoms in total. The number of hydrogen-bond donors (Lipinski definition) is 1. The number of carbonyl (C=O) groups is 1. The van der Waals surface area contributed by atoms with Gasteiger partial charge in [0.15, 0.2) is 11.6 Å². The first-order chi connectivity index (χ1) is 12.7. The number of nitrogens with one attached hydrogen (secondary N) is 1. The molecule has 2 aromatic heterocycles. The van der Waals surface area contributed by atoms with Crippen molar-refractivity contribution in [2.45, 2.75) is 6.54 Å². The van der Waals surface area contributed by atoms with Gasteiger partial charge in [-0.05, 0) is 18.2 Å². The summed E-state index contributed by atoms with van der Waals surface area (Å²) in [6, 6.07) is 6.96. The van der Waals surface area contributed by atoms with Crippen LogP contribution in [-0.4, -0.2) is 46.2 Å². The molecule has 0 bridgehead atoms. The highest BCUT2D eigenvalue weighted by molar-refractivity contribution is 5.99. The van der Waals surface area contributed by atoms with Crippen LogP contribution in [0.4, 0.5) is 0 Å². The summed E-state index contributed by atoms with van der Waals surface area (Å²) in [7, 11) is 3.03. The van der Waals surface area contributed by atoms with Gasteiger partial charge < -0.3 is 19.4 Å². The molecule has 134 valence electrons. The van der Waals surface area contributed by atoms with Crippen molar-refractivity contribution in [1.82, 2.24) is 24.8 Å². The number of benzene rings is 1. The fourth-order valence-corrected chi connectivity index (χ4v) is 2.56. The Balaban J connectivity index is 1.69. The van der Waals surface area contributed by atoms with E-state index in [0.29, 0.717) is 41.8 Å². The number of hydrogen-bond acceptors (Lipinski definition) is 6. The number of amides is 1. The lowest BCUT2D eigenvalue weighted by Gasteiger charge is -2.13. The summed E-state index contributed by atoms with van der Waals surface area (Å²) in [5.74, 6) is 1.84. The average Bonchev–Trinajstić information content (AvgIpc) is 3.16. The van der Waals surface area contributed by atoms with E-state index in [9.17, 15) is 4.79 Å². The van der Waals surface area contributed by atoms with Crippen LogP contribution >= 0.6 is 0 Å². The summed E-state index contributed by atoms with van der Waals surface area (Å²) in [6.07, 6.45) is 6.83. The molecule has 0 aliphatic heterocycles. The Labute approximate surface area is 150 Å². The molecule has 0 saturated carbocycles. The first-order valence-electron chi connectivity index (χ1n) is 8.02.